The van der Waals surface area contributed by atoms with E-state index in [-0.39, 0.29) is 37.6 Å². The zero-order chi connectivity index (χ0) is 43.1. The van der Waals surface area contributed by atoms with E-state index in [1.807, 2.05) is 64.9 Å². The van der Waals surface area contributed by atoms with Crippen molar-refractivity contribution in [2.75, 3.05) is 21.2 Å². The number of nitrogens with zero attached hydrogens (tertiary/aromatic N) is 2. The van der Waals surface area contributed by atoms with E-state index in [1.54, 1.807) is 33.9 Å². The molecule has 1 aliphatic carbocycles. The maximum atomic E-state index is 14.2. The number of benzene rings is 1. The van der Waals surface area contributed by atoms with Gasteiger partial charge in [-0.15, -0.1) is 0 Å². The summed E-state index contributed by atoms with van der Waals surface area (Å²) >= 11 is 6.42. The molecule has 14 nitrogen and oxygen atoms in total. The summed E-state index contributed by atoms with van der Waals surface area (Å²) in [5.74, 6) is -3.90. The van der Waals surface area contributed by atoms with Crippen LogP contribution in [0.5, 0.6) is 0 Å². The normalized spacial score (nSPS) is 39.2. The number of methoxy groups -OCH3 is 1. The second-order valence-electron chi connectivity index (χ2n) is 17.6. The lowest BCUT2D eigenvalue weighted by Crippen LogP contribution is -2.60. The lowest BCUT2D eigenvalue weighted by molar-refractivity contribution is -0.301. The van der Waals surface area contributed by atoms with Crippen LogP contribution in [-0.4, -0.2) is 125 Å². The Morgan fingerprint density at radius 2 is 1.72 bits per heavy atom. The van der Waals surface area contributed by atoms with Crippen LogP contribution in [0.25, 0.3) is 0 Å². The number of carbonyl (C=O) groups excluding carboxylic acids is 2. The molecular weight excluding hydrogens is 770 g/mol. The smallest absolute Gasteiger partial charge is 0.407 e. The summed E-state index contributed by atoms with van der Waals surface area (Å²) in [5.41, 5.74) is -2.07. The van der Waals surface area contributed by atoms with Crippen molar-refractivity contribution in [3.8, 4) is 0 Å². The Bertz CT molecular complexity index is 1530. The SMILES string of the molecule is CC[C@H]1OC(=O)[C@H](C)[C@@H](OC(=O)NC2CCCC2)[C@H](C)[C@@H](O[C@@H]2O[C@H](C)C[C@H](N(C)C)[C@H]2O)[C@](C)(OC)C[C@@H](C)/C(=N/OCc2ccccc2Cl)[C@H](C)[C@@H](O)[C@]1(C)O. The molecule has 2 aliphatic heterocycles. The maximum Gasteiger partial charge on any atom is 0.407 e. The molecule has 58 heavy (non-hydrogen) atoms. The molecule has 1 amide bonds. The van der Waals surface area contributed by atoms with Crippen molar-refractivity contribution >= 4 is 29.4 Å². The number of nitrogens with one attached hydrogen (secondary N) is 1. The van der Waals surface area contributed by atoms with Gasteiger partial charge in [-0.1, -0.05) is 75.5 Å². The Morgan fingerprint density at radius 3 is 2.33 bits per heavy atom. The van der Waals surface area contributed by atoms with Crippen molar-refractivity contribution in [3.05, 3.63) is 34.9 Å². The molecule has 0 radical (unpaired) electrons. The van der Waals surface area contributed by atoms with Crippen LogP contribution < -0.4 is 5.32 Å². The lowest BCUT2D eigenvalue weighted by atomic mass is 9.73. The summed E-state index contributed by atoms with van der Waals surface area (Å²) in [6.07, 6.45) is -3.32. The van der Waals surface area contributed by atoms with Gasteiger partial charge in [-0.3, -0.25) is 4.79 Å². The molecule has 3 aliphatic rings. The van der Waals surface area contributed by atoms with Crippen LogP contribution in [0.4, 0.5) is 4.79 Å². The topological polar surface area (TPSA) is 178 Å². The summed E-state index contributed by atoms with van der Waals surface area (Å²) in [7, 11) is 5.32. The first-order valence-corrected chi connectivity index (χ1v) is 21.3. The van der Waals surface area contributed by atoms with Crippen LogP contribution in [-0.2, 0) is 39.9 Å². The minimum absolute atomic E-state index is 0.0383. The van der Waals surface area contributed by atoms with E-state index in [0.29, 0.717) is 22.7 Å². The fraction of sp³-hybridized carbons (Fsp3) is 0.791. The van der Waals surface area contributed by atoms with Gasteiger partial charge in [0.2, 0.25) is 0 Å². The number of carbonyl (C=O) groups is 2. The first kappa shape index (κ1) is 48.1. The highest BCUT2D eigenvalue weighted by Crippen LogP contribution is 2.40. The van der Waals surface area contributed by atoms with Crippen LogP contribution in [0, 0.1) is 23.7 Å². The molecule has 0 unspecified atom stereocenters. The van der Waals surface area contributed by atoms with Gasteiger partial charge >= 0.3 is 12.1 Å². The Hall–Kier alpha value is -2.56. The zero-order valence-corrected chi connectivity index (χ0v) is 37.1. The number of rotatable bonds is 10. The minimum atomic E-state index is -1.94. The number of oxime groups is 1. The largest absolute Gasteiger partial charge is 0.459 e. The predicted molar refractivity (Wildman–Crippen MR) is 220 cm³/mol. The van der Waals surface area contributed by atoms with E-state index in [9.17, 15) is 24.9 Å². The summed E-state index contributed by atoms with van der Waals surface area (Å²) in [6, 6.07) is 6.89. The number of likely N-dealkylation sites (N-methyl/N-ethyl adjacent to an activating group) is 1. The third-order valence-electron chi connectivity index (χ3n) is 12.8. The van der Waals surface area contributed by atoms with Crippen molar-refractivity contribution in [1.29, 1.82) is 0 Å². The van der Waals surface area contributed by atoms with E-state index in [4.69, 9.17) is 40.1 Å². The molecule has 14 atom stereocenters. The Labute approximate surface area is 350 Å². The number of ether oxygens (including phenoxy) is 5. The van der Waals surface area contributed by atoms with Crippen molar-refractivity contribution in [2.45, 2.75) is 173 Å². The predicted octanol–water partition coefficient (Wildman–Crippen LogP) is 5.85. The molecule has 4 N–H and O–H groups in total. The monoisotopic (exact) mass is 839 g/mol. The van der Waals surface area contributed by atoms with Crippen LogP contribution >= 0.6 is 11.6 Å². The standard InChI is InChI=1S/C43H70ClN3O11/c1-12-33-43(8,52)37(49)26(4)34(46-54-23-29-17-13-16-20-31(29)44)24(2)22-42(7,53-11)38(58-40-35(48)32(47(9)10)21-25(3)55-40)27(5)36(28(6)39(50)56-33)57-41(51)45-30-18-14-15-19-30/h13,16-17,20,24-28,30,32-33,35-38,40,48-49,52H,12,14-15,18-19,21-23H2,1-11H3,(H,45,51)/b46-34-/t24-,25-,26+,27+,28-,32+,33-,35-,36+,37-,38-,40+,42-,43-/m1/s1. The number of aliphatic hydroxyl groups is 3. The molecule has 1 aromatic carbocycles. The second kappa shape index (κ2) is 20.8. The third-order valence-corrected chi connectivity index (χ3v) is 13.2. The summed E-state index contributed by atoms with van der Waals surface area (Å²) in [6.45, 7) is 14.1. The number of amides is 1. The molecular formula is C43H70ClN3O11. The Balaban J connectivity index is 1.86. The number of esters is 1. The van der Waals surface area contributed by atoms with E-state index >= 15 is 0 Å². The second-order valence-corrected chi connectivity index (χ2v) is 18.0. The molecule has 0 bridgehead atoms. The van der Waals surface area contributed by atoms with Gasteiger partial charge < -0.3 is 54.1 Å². The molecule has 0 aromatic heterocycles. The fourth-order valence-electron chi connectivity index (χ4n) is 9.15. The van der Waals surface area contributed by atoms with Crippen molar-refractivity contribution in [1.82, 2.24) is 10.2 Å². The van der Waals surface area contributed by atoms with E-state index in [2.05, 4.69) is 10.5 Å². The third kappa shape index (κ3) is 11.4. The Morgan fingerprint density at radius 1 is 1.07 bits per heavy atom. The fourth-order valence-corrected chi connectivity index (χ4v) is 9.34. The van der Waals surface area contributed by atoms with Crippen LogP contribution in [0.3, 0.4) is 0 Å². The van der Waals surface area contributed by atoms with Gasteiger partial charge in [-0.2, -0.15) is 0 Å². The molecule has 3 fully saturated rings. The first-order valence-electron chi connectivity index (χ1n) is 21.0. The number of cyclic esters (lactones) is 1. The maximum absolute atomic E-state index is 14.2. The van der Waals surface area contributed by atoms with Crippen molar-refractivity contribution < 1.29 is 53.4 Å². The molecule has 1 aromatic rings. The quantitative estimate of drug-likeness (QED) is 0.164. The molecule has 330 valence electrons. The summed E-state index contributed by atoms with van der Waals surface area (Å²) < 4.78 is 31.8. The highest BCUT2D eigenvalue weighted by atomic mass is 35.5. The average molecular weight is 840 g/mol. The van der Waals surface area contributed by atoms with Gasteiger partial charge in [0.1, 0.15) is 30.5 Å². The highest BCUT2D eigenvalue weighted by Gasteiger charge is 2.53. The molecule has 4 rings (SSSR count). The van der Waals surface area contributed by atoms with E-state index in [1.165, 1.54) is 6.92 Å². The van der Waals surface area contributed by atoms with Gasteiger partial charge in [-0.05, 0) is 80.0 Å². The molecule has 2 heterocycles. The van der Waals surface area contributed by atoms with Crippen LogP contribution in [0.1, 0.15) is 106 Å². The van der Waals surface area contributed by atoms with Gasteiger partial charge in [0.15, 0.2) is 6.29 Å². The summed E-state index contributed by atoms with van der Waals surface area (Å²) in [5, 5.41) is 43.7. The summed E-state index contributed by atoms with van der Waals surface area (Å²) in [4.78, 5) is 35.8. The molecule has 2 saturated heterocycles. The Kier molecular flexibility index (Phi) is 17.3. The highest BCUT2D eigenvalue weighted by molar-refractivity contribution is 6.31. The number of halogens is 1. The number of alkyl carbamates (subject to hydrolysis) is 1. The van der Waals surface area contributed by atoms with Gasteiger partial charge in [0.25, 0.3) is 0 Å². The van der Waals surface area contributed by atoms with Crippen LogP contribution in [0.2, 0.25) is 5.02 Å². The van der Waals surface area contributed by atoms with Crippen molar-refractivity contribution in [2.24, 2.45) is 28.8 Å². The van der Waals surface area contributed by atoms with Gasteiger partial charge in [0.05, 0.1) is 35.5 Å². The van der Waals surface area contributed by atoms with Crippen molar-refractivity contribution in [3.63, 3.8) is 0 Å². The molecule has 15 heteroatoms. The van der Waals surface area contributed by atoms with Gasteiger partial charge in [-0.25, -0.2) is 4.79 Å². The number of hydrogen-bond donors (Lipinski definition) is 4. The van der Waals surface area contributed by atoms with Gasteiger partial charge in [0, 0.05) is 47.5 Å². The van der Waals surface area contributed by atoms with E-state index < -0.39 is 83.7 Å². The number of aliphatic hydroxyl groups excluding tert-OH is 2. The van der Waals surface area contributed by atoms with Crippen LogP contribution in [0.15, 0.2) is 29.4 Å². The average Bonchev–Trinajstić information content (AvgIpc) is 3.69. The zero-order valence-electron chi connectivity index (χ0n) is 36.4. The minimum Gasteiger partial charge on any atom is -0.459 e. The lowest BCUT2D eigenvalue weighted by Gasteiger charge is -2.48. The van der Waals surface area contributed by atoms with E-state index in [0.717, 1.165) is 25.7 Å². The molecule has 1 saturated carbocycles. The molecule has 0 spiro atoms. The number of hydrogen-bond acceptors (Lipinski definition) is 13. The first-order chi connectivity index (χ1) is 27.2.